The van der Waals surface area contributed by atoms with E-state index < -0.39 is 0 Å². The average molecular weight is 262 g/mol. The molecular formula is C15H22N2O2. The Morgan fingerprint density at radius 2 is 1.95 bits per heavy atom. The average Bonchev–Trinajstić information content (AvgIpc) is 2.47. The minimum absolute atomic E-state index is 0.136. The van der Waals surface area contributed by atoms with Crippen LogP contribution in [0.25, 0.3) is 0 Å². The van der Waals surface area contributed by atoms with Crippen molar-refractivity contribution >= 4 is 5.91 Å². The number of benzene rings is 1. The van der Waals surface area contributed by atoms with Crippen LogP contribution in [0.3, 0.4) is 0 Å². The predicted molar refractivity (Wildman–Crippen MR) is 75.0 cm³/mol. The van der Waals surface area contributed by atoms with Crippen molar-refractivity contribution in [3.8, 4) is 0 Å². The Bertz CT molecular complexity index is 375. The fraction of sp³-hybridized carbons (Fsp3) is 0.533. The number of nitrogens with one attached hydrogen (secondary N) is 1. The monoisotopic (exact) mass is 262 g/mol. The van der Waals surface area contributed by atoms with E-state index in [2.05, 4.69) is 22.3 Å². The van der Waals surface area contributed by atoms with Gasteiger partial charge in [0, 0.05) is 32.6 Å². The minimum Gasteiger partial charge on any atom is -0.379 e. The van der Waals surface area contributed by atoms with E-state index in [0.29, 0.717) is 6.42 Å². The van der Waals surface area contributed by atoms with Gasteiger partial charge in [0.25, 0.3) is 0 Å². The summed E-state index contributed by atoms with van der Waals surface area (Å²) in [5.74, 6) is 0.136. The van der Waals surface area contributed by atoms with Crippen molar-refractivity contribution in [2.24, 2.45) is 0 Å². The molecule has 0 aromatic heterocycles. The zero-order chi connectivity index (χ0) is 13.3. The molecule has 1 aromatic rings. The van der Waals surface area contributed by atoms with Crippen molar-refractivity contribution in [1.29, 1.82) is 0 Å². The number of morpholine rings is 1. The van der Waals surface area contributed by atoms with Gasteiger partial charge in [-0.1, -0.05) is 30.3 Å². The Labute approximate surface area is 114 Å². The number of nitrogens with zero attached hydrogens (tertiary/aromatic N) is 1. The highest BCUT2D eigenvalue weighted by molar-refractivity contribution is 5.76. The van der Waals surface area contributed by atoms with E-state index in [9.17, 15) is 4.79 Å². The summed E-state index contributed by atoms with van der Waals surface area (Å²) in [5.41, 5.74) is 1.21. The third-order valence-corrected chi connectivity index (χ3v) is 3.34. The van der Waals surface area contributed by atoms with Gasteiger partial charge in [0.2, 0.25) is 5.91 Å². The zero-order valence-corrected chi connectivity index (χ0v) is 11.3. The number of amides is 1. The molecule has 1 N–H and O–H groups in total. The fourth-order valence-corrected chi connectivity index (χ4v) is 2.17. The van der Waals surface area contributed by atoms with Crippen molar-refractivity contribution in [3.05, 3.63) is 35.9 Å². The second-order valence-corrected chi connectivity index (χ2v) is 4.79. The van der Waals surface area contributed by atoms with Crippen LogP contribution in [-0.2, 0) is 16.0 Å². The number of hydrogen-bond donors (Lipinski definition) is 1. The molecule has 0 saturated carbocycles. The number of aryl methyl sites for hydroxylation is 1. The highest BCUT2D eigenvalue weighted by Crippen LogP contribution is 2.02. The number of ether oxygens (including phenoxy) is 1. The number of hydrogen-bond acceptors (Lipinski definition) is 3. The Hall–Kier alpha value is -1.39. The molecule has 0 radical (unpaired) electrons. The molecule has 1 amide bonds. The number of carbonyl (C=O) groups is 1. The molecule has 1 aromatic carbocycles. The molecular weight excluding hydrogens is 240 g/mol. The largest absolute Gasteiger partial charge is 0.379 e. The smallest absolute Gasteiger partial charge is 0.220 e. The lowest BCUT2D eigenvalue weighted by Gasteiger charge is -2.26. The lowest BCUT2D eigenvalue weighted by Crippen LogP contribution is -2.41. The first kappa shape index (κ1) is 14.0. The van der Waals surface area contributed by atoms with Gasteiger partial charge < -0.3 is 10.1 Å². The molecule has 0 bridgehead atoms. The van der Waals surface area contributed by atoms with Gasteiger partial charge in [-0.3, -0.25) is 9.69 Å². The van der Waals surface area contributed by atoms with Crippen LogP contribution in [0.1, 0.15) is 12.0 Å². The van der Waals surface area contributed by atoms with E-state index in [4.69, 9.17) is 4.74 Å². The van der Waals surface area contributed by atoms with Crippen LogP contribution >= 0.6 is 0 Å². The molecule has 1 aliphatic rings. The molecule has 1 saturated heterocycles. The lowest BCUT2D eigenvalue weighted by atomic mass is 10.1. The Kier molecular flexibility index (Phi) is 5.85. The minimum atomic E-state index is 0.136. The van der Waals surface area contributed by atoms with Gasteiger partial charge >= 0.3 is 0 Å². The highest BCUT2D eigenvalue weighted by atomic mass is 16.5. The van der Waals surface area contributed by atoms with Crippen molar-refractivity contribution in [3.63, 3.8) is 0 Å². The zero-order valence-electron chi connectivity index (χ0n) is 11.3. The first-order chi connectivity index (χ1) is 9.34. The highest BCUT2D eigenvalue weighted by Gasteiger charge is 2.10. The van der Waals surface area contributed by atoms with Gasteiger partial charge in [-0.25, -0.2) is 0 Å². The van der Waals surface area contributed by atoms with E-state index in [1.165, 1.54) is 5.56 Å². The van der Waals surface area contributed by atoms with Crippen LogP contribution in [0.4, 0.5) is 0 Å². The topological polar surface area (TPSA) is 41.6 Å². The van der Waals surface area contributed by atoms with Gasteiger partial charge in [0.1, 0.15) is 0 Å². The fourth-order valence-electron chi connectivity index (χ4n) is 2.17. The predicted octanol–water partition coefficient (Wildman–Crippen LogP) is 1.07. The second-order valence-electron chi connectivity index (χ2n) is 4.79. The molecule has 0 unspecified atom stereocenters. The van der Waals surface area contributed by atoms with Crippen LogP contribution in [0.15, 0.2) is 30.3 Å². The van der Waals surface area contributed by atoms with Crippen molar-refractivity contribution in [2.45, 2.75) is 12.8 Å². The normalized spacial score (nSPS) is 16.2. The summed E-state index contributed by atoms with van der Waals surface area (Å²) in [4.78, 5) is 14.0. The van der Waals surface area contributed by atoms with Gasteiger partial charge in [-0.15, -0.1) is 0 Å². The van der Waals surface area contributed by atoms with Crippen LogP contribution in [0, 0.1) is 0 Å². The van der Waals surface area contributed by atoms with Crippen molar-refractivity contribution < 1.29 is 9.53 Å². The standard InChI is InChI=1S/C15H22N2O2/c18-15(7-6-14-4-2-1-3-5-14)16-8-9-17-10-12-19-13-11-17/h1-5H,6-13H2,(H,16,18). The number of rotatable bonds is 6. The second kappa shape index (κ2) is 7.92. The van der Waals surface area contributed by atoms with E-state index in [-0.39, 0.29) is 5.91 Å². The molecule has 4 heteroatoms. The SMILES string of the molecule is O=C(CCc1ccccc1)NCCN1CCOCC1. The van der Waals surface area contributed by atoms with E-state index in [0.717, 1.165) is 45.8 Å². The molecule has 0 aliphatic carbocycles. The summed E-state index contributed by atoms with van der Waals surface area (Å²) in [6.07, 6.45) is 1.37. The maximum absolute atomic E-state index is 11.7. The van der Waals surface area contributed by atoms with Crippen LogP contribution < -0.4 is 5.32 Å². The van der Waals surface area contributed by atoms with E-state index in [1.54, 1.807) is 0 Å². The summed E-state index contributed by atoms with van der Waals surface area (Å²) >= 11 is 0. The molecule has 1 aliphatic heterocycles. The maximum Gasteiger partial charge on any atom is 0.220 e. The summed E-state index contributed by atoms with van der Waals surface area (Å²) < 4.78 is 5.29. The van der Waals surface area contributed by atoms with Crippen LogP contribution in [0.5, 0.6) is 0 Å². The first-order valence-corrected chi connectivity index (χ1v) is 6.95. The molecule has 19 heavy (non-hydrogen) atoms. The first-order valence-electron chi connectivity index (χ1n) is 6.95. The Morgan fingerprint density at radius 1 is 1.21 bits per heavy atom. The quantitative estimate of drug-likeness (QED) is 0.834. The summed E-state index contributed by atoms with van der Waals surface area (Å²) in [6, 6.07) is 10.1. The molecule has 1 heterocycles. The van der Waals surface area contributed by atoms with Gasteiger partial charge in [-0.2, -0.15) is 0 Å². The third-order valence-electron chi connectivity index (χ3n) is 3.34. The van der Waals surface area contributed by atoms with Gasteiger partial charge in [0.15, 0.2) is 0 Å². The molecule has 0 spiro atoms. The Morgan fingerprint density at radius 3 is 2.68 bits per heavy atom. The van der Waals surface area contributed by atoms with E-state index >= 15 is 0 Å². The summed E-state index contributed by atoms with van der Waals surface area (Å²) in [7, 11) is 0. The maximum atomic E-state index is 11.7. The molecule has 1 fully saturated rings. The third kappa shape index (κ3) is 5.41. The van der Waals surface area contributed by atoms with Crippen molar-refractivity contribution in [2.75, 3.05) is 39.4 Å². The molecule has 0 atom stereocenters. The van der Waals surface area contributed by atoms with Gasteiger partial charge in [0.05, 0.1) is 13.2 Å². The molecule has 104 valence electrons. The van der Waals surface area contributed by atoms with Crippen molar-refractivity contribution in [1.82, 2.24) is 10.2 Å². The van der Waals surface area contributed by atoms with Crippen LogP contribution in [-0.4, -0.2) is 50.2 Å². The van der Waals surface area contributed by atoms with Crippen LogP contribution in [0.2, 0.25) is 0 Å². The lowest BCUT2D eigenvalue weighted by molar-refractivity contribution is -0.121. The molecule has 4 nitrogen and oxygen atoms in total. The van der Waals surface area contributed by atoms with E-state index in [1.807, 2.05) is 18.2 Å². The summed E-state index contributed by atoms with van der Waals surface area (Å²) in [5, 5.41) is 2.98. The summed E-state index contributed by atoms with van der Waals surface area (Å²) in [6.45, 7) is 5.21. The molecule has 2 rings (SSSR count). The number of carbonyl (C=O) groups excluding carboxylic acids is 1. The Balaban J connectivity index is 1.57. The van der Waals surface area contributed by atoms with Gasteiger partial charge in [-0.05, 0) is 12.0 Å².